The maximum absolute atomic E-state index is 7.12. The number of nitrogens with one attached hydrogen (secondary N) is 1. The third kappa shape index (κ3) is 3.12. The van der Waals surface area contributed by atoms with E-state index in [1.54, 1.807) is 0 Å². The normalized spacial score (nSPS) is 10.7. The summed E-state index contributed by atoms with van der Waals surface area (Å²) >= 11 is 0. The molecule has 0 aliphatic rings. The van der Waals surface area contributed by atoms with Crippen molar-refractivity contribution in [1.29, 1.82) is 5.41 Å². The molecule has 0 atom stereocenters. The lowest BCUT2D eigenvalue weighted by atomic mass is 10.1. The van der Waals surface area contributed by atoms with E-state index in [9.17, 15) is 0 Å². The Morgan fingerprint density at radius 2 is 1.56 bits per heavy atom. The predicted molar refractivity (Wildman–Crippen MR) is 75.9 cm³/mol. The Balaban J connectivity index is 2.10. The smallest absolute Gasteiger partial charge is 0.0630 e. The minimum Gasteiger partial charge on any atom is -0.326 e. The summed E-state index contributed by atoms with van der Waals surface area (Å²) in [7, 11) is 0. The Morgan fingerprint density at radius 1 is 0.944 bits per heavy atom. The van der Waals surface area contributed by atoms with E-state index in [0.717, 1.165) is 22.4 Å². The predicted octanol–water partition coefficient (Wildman–Crippen LogP) is 2.89. The van der Waals surface area contributed by atoms with Crippen LogP contribution < -0.4 is 5.73 Å². The van der Waals surface area contributed by atoms with Crippen LogP contribution in [0.4, 0.5) is 5.69 Å². The lowest BCUT2D eigenvalue weighted by molar-refractivity contribution is 1.07. The topological polar surface area (TPSA) is 62.2 Å². The molecule has 0 aromatic heterocycles. The number of rotatable bonds is 4. The molecule has 0 spiro atoms. The summed E-state index contributed by atoms with van der Waals surface area (Å²) in [5.41, 5.74) is 9.45. The van der Waals surface area contributed by atoms with E-state index < -0.39 is 0 Å². The van der Waals surface area contributed by atoms with Gasteiger partial charge in [-0.1, -0.05) is 36.4 Å². The highest BCUT2D eigenvalue weighted by Gasteiger charge is 1.91. The van der Waals surface area contributed by atoms with Crippen molar-refractivity contribution in [2.24, 2.45) is 10.7 Å². The molecule has 0 radical (unpaired) electrons. The van der Waals surface area contributed by atoms with Crippen LogP contribution in [0.1, 0.15) is 16.7 Å². The largest absolute Gasteiger partial charge is 0.326 e. The average molecular weight is 237 g/mol. The zero-order valence-corrected chi connectivity index (χ0v) is 10.0. The van der Waals surface area contributed by atoms with Gasteiger partial charge in [-0.05, 0) is 28.8 Å². The summed E-state index contributed by atoms with van der Waals surface area (Å²) in [4.78, 5) is 4.38. The van der Waals surface area contributed by atoms with E-state index in [1.807, 2.05) is 54.7 Å². The van der Waals surface area contributed by atoms with Crippen LogP contribution in [0.2, 0.25) is 0 Å². The van der Waals surface area contributed by atoms with Gasteiger partial charge in [-0.2, -0.15) is 0 Å². The molecule has 0 saturated carbocycles. The van der Waals surface area contributed by atoms with Crippen LogP contribution in [-0.4, -0.2) is 12.4 Å². The molecule has 0 fully saturated rings. The van der Waals surface area contributed by atoms with E-state index in [2.05, 4.69) is 4.99 Å². The van der Waals surface area contributed by atoms with Crippen LogP contribution in [0.5, 0.6) is 0 Å². The molecule has 3 N–H and O–H groups in total. The van der Waals surface area contributed by atoms with Crippen LogP contribution >= 0.6 is 0 Å². The molecule has 90 valence electrons. The molecule has 3 heteroatoms. The Hall–Kier alpha value is -2.26. The highest BCUT2D eigenvalue weighted by Crippen LogP contribution is 2.13. The van der Waals surface area contributed by atoms with Gasteiger partial charge in [0.25, 0.3) is 0 Å². The van der Waals surface area contributed by atoms with Gasteiger partial charge in [0.05, 0.1) is 5.69 Å². The summed E-state index contributed by atoms with van der Waals surface area (Å²) in [6.07, 6.45) is 3.14. The molecular formula is C15H15N3. The third-order valence-electron chi connectivity index (χ3n) is 2.64. The Morgan fingerprint density at radius 3 is 2.11 bits per heavy atom. The minimum absolute atomic E-state index is 0.551. The second-order valence-corrected chi connectivity index (χ2v) is 3.94. The van der Waals surface area contributed by atoms with E-state index in [4.69, 9.17) is 11.1 Å². The second-order valence-electron chi connectivity index (χ2n) is 3.94. The second kappa shape index (κ2) is 5.89. The fourth-order valence-corrected chi connectivity index (χ4v) is 1.55. The zero-order chi connectivity index (χ0) is 12.8. The molecule has 0 heterocycles. The molecule has 0 saturated heterocycles. The molecule has 18 heavy (non-hydrogen) atoms. The van der Waals surface area contributed by atoms with Crippen molar-refractivity contribution in [1.82, 2.24) is 0 Å². The average Bonchev–Trinajstić information content (AvgIpc) is 2.46. The van der Waals surface area contributed by atoms with E-state index in [0.29, 0.717) is 6.54 Å². The first kappa shape index (κ1) is 12.2. The number of nitrogens with zero attached hydrogens (tertiary/aromatic N) is 1. The maximum Gasteiger partial charge on any atom is 0.0630 e. The van der Waals surface area contributed by atoms with Gasteiger partial charge in [0.1, 0.15) is 0 Å². The molecule has 2 aromatic rings. The summed E-state index contributed by atoms with van der Waals surface area (Å²) < 4.78 is 0. The van der Waals surface area contributed by atoms with Crippen LogP contribution in [0.25, 0.3) is 0 Å². The molecule has 2 aromatic carbocycles. The van der Waals surface area contributed by atoms with Crippen LogP contribution in [0.3, 0.4) is 0 Å². The first-order valence-corrected chi connectivity index (χ1v) is 5.75. The van der Waals surface area contributed by atoms with Crippen molar-refractivity contribution < 1.29 is 0 Å². The lowest BCUT2D eigenvalue weighted by Gasteiger charge is -1.98. The van der Waals surface area contributed by atoms with Crippen molar-refractivity contribution in [2.75, 3.05) is 0 Å². The summed E-state index contributed by atoms with van der Waals surface area (Å²) in [6.45, 7) is 0.551. The van der Waals surface area contributed by atoms with Crippen LogP contribution in [0.15, 0.2) is 53.5 Å². The summed E-state index contributed by atoms with van der Waals surface area (Å²) in [5, 5.41) is 7.12. The Labute approximate surface area is 107 Å². The van der Waals surface area contributed by atoms with Crippen molar-refractivity contribution in [3.63, 3.8) is 0 Å². The van der Waals surface area contributed by atoms with Crippen molar-refractivity contribution in [2.45, 2.75) is 6.54 Å². The molecule has 0 bridgehead atoms. The van der Waals surface area contributed by atoms with Gasteiger partial charge in [-0.15, -0.1) is 0 Å². The van der Waals surface area contributed by atoms with Gasteiger partial charge in [-0.3, -0.25) is 4.99 Å². The van der Waals surface area contributed by atoms with Crippen molar-refractivity contribution in [3.05, 3.63) is 65.2 Å². The third-order valence-corrected chi connectivity index (χ3v) is 2.64. The molecule has 2 rings (SSSR count). The molecular weight excluding hydrogens is 222 g/mol. The van der Waals surface area contributed by atoms with Gasteiger partial charge in [0.15, 0.2) is 0 Å². The summed E-state index contributed by atoms with van der Waals surface area (Å²) in [6, 6.07) is 15.5. The SMILES string of the molecule is N=Cc1ccc(C=Nc2ccc(CN)cc2)cc1. The Bertz CT molecular complexity index is 539. The number of benzene rings is 2. The maximum atomic E-state index is 7.12. The van der Waals surface area contributed by atoms with E-state index in [1.165, 1.54) is 6.21 Å². The molecule has 0 amide bonds. The number of hydrogen-bond donors (Lipinski definition) is 2. The quantitative estimate of drug-likeness (QED) is 0.789. The fourth-order valence-electron chi connectivity index (χ4n) is 1.55. The number of aliphatic imine (C=N–C) groups is 1. The van der Waals surface area contributed by atoms with Gasteiger partial charge >= 0.3 is 0 Å². The highest BCUT2D eigenvalue weighted by atomic mass is 14.7. The van der Waals surface area contributed by atoms with Gasteiger partial charge in [0, 0.05) is 19.0 Å². The van der Waals surface area contributed by atoms with Crippen LogP contribution in [0, 0.1) is 5.41 Å². The first-order valence-electron chi connectivity index (χ1n) is 5.75. The van der Waals surface area contributed by atoms with Gasteiger partial charge in [-0.25, -0.2) is 0 Å². The summed E-state index contributed by atoms with van der Waals surface area (Å²) in [5.74, 6) is 0. The molecule has 0 aliphatic carbocycles. The van der Waals surface area contributed by atoms with Crippen molar-refractivity contribution in [3.8, 4) is 0 Å². The lowest BCUT2D eigenvalue weighted by Crippen LogP contribution is -1.94. The van der Waals surface area contributed by atoms with E-state index in [-0.39, 0.29) is 0 Å². The van der Waals surface area contributed by atoms with Gasteiger partial charge in [0.2, 0.25) is 0 Å². The first-order chi connectivity index (χ1) is 8.81. The van der Waals surface area contributed by atoms with Gasteiger partial charge < -0.3 is 11.1 Å². The fraction of sp³-hybridized carbons (Fsp3) is 0.0667. The monoisotopic (exact) mass is 237 g/mol. The zero-order valence-electron chi connectivity index (χ0n) is 10.0. The minimum atomic E-state index is 0.551. The van der Waals surface area contributed by atoms with E-state index >= 15 is 0 Å². The Kier molecular flexibility index (Phi) is 3.99. The van der Waals surface area contributed by atoms with Crippen molar-refractivity contribution >= 4 is 18.1 Å². The molecule has 0 aliphatic heterocycles. The molecule has 0 unspecified atom stereocenters. The number of nitrogens with two attached hydrogens (primary N) is 1. The highest BCUT2D eigenvalue weighted by molar-refractivity contribution is 5.84. The molecule has 3 nitrogen and oxygen atoms in total. The standard InChI is InChI=1S/C15H15N3/c16-9-12-1-3-14(4-2-12)11-18-15-7-5-13(10-17)6-8-15/h1-9,11,16H,10,17H2. The van der Waals surface area contributed by atoms with Crippen LogP contribution in [-0.2, 0) is 6.54 Å². The number of hydrogen-bond acceptors (Lipinski definition) is 3.